The maximum Gasteiger partial charge on any atom is 0.292 e. The first-order valence-electron chi connectivity index (χ1n) is 6.30. The van der Waals surface area contributed by atoms with E-state index in [4.69, 9.17) is 18.0 Å². The van der Waals surface area contributed by atoms with E-state index in [2.05, 4.69) is 16.3 Å². The van der Waals surface area contributed by atoms with E-state index < -0.39 is 5.56 Å². The van der Waals surface area contributed by atoms with Crippen LogP contribution in [-0.2, 0) is 13.0 Å². The van der Waals surface area contributed by atoms with Gasteiger partial charge in [-0.2, -0.15) is 5.10 Å². The Morgan fingerprint density at radius 2 is 2.19 bits per heavy atom. The number of anilines is 1. The largest absolute Gasteiger partial charge is 0.379 e. The average molecular weight is 306 g/mol. The predicted octanol–water partition coefficient (Wildman–Crippen LogP) is 2.32. The van der Waals surface area contributed by atoms with Crippen molar-refractivity contribution in [1.29, 1.82) is 0 Å². The highest BCUT2D eigenvalue weighted by Crippen LogP contribution is 2.15. The molecule has 0 fully saturated rings. The van der Waals surface area contributed by atoms with Crippen LogP contribution in [0, 0.1) is 18.2 Å². The Kier molecular flexibility index (Phi) is 4.96. The molecule has 4 nitrogen and oxygen atoms in total. The number of benzene rings is 1. The zero-order valence-electron chi connectivity index (χ0n) is 11.1. The van der Waals surface area contributed by atoms with Crippen LogP contribution in [0.4, 0.5) is 10.1 Å². The van der Waals surface area contributed by atoms with Crippen molar-refractivity contribution in [1.82, 2.24) is 9.78 Å². The summed E-state index contributed by atoms with van der Waals surface area (Å²) in [4.78, 5) is 12.1. The molecule has 6 heteroatoms. The van der Waals surface area contributed by atoms with Gasteiger partial charge in [-0.3, -0.25) is 4.79 Å². The molecule has 21 heavy (non-hydrogen) atoms. The van der Waals surface area contributed by atoms with E-state index in [0.29, 0.717) is 18.5 Å². The molecular weight excluding hydrogens is 293 g/mol. The third-order valence-corrected chi connectivity index (χ3v) is 3.18. The predicted molar refractivity (Wildman–Crippen MR) is 80.9 cm³/mol. The molecule has 1 aromatic heterocycles. The van der Waals surface area contributed by atoms with E-state index >= 15 is 0 Å². The molecule has 2 aromatic rings. The lowest BCUT2D eigenvalue weighted by Gasteiger charge is -2.09. The number of nitrogens with zero attached hydrogens (tertiary/aromatic N) is 2. The Morgan fingerprint density at radius 3 is 2.90 bits per heavy atom. The first-order chi connectivity index (χ1) is 10.1. The molecule has 0 radical (unpaired) electrons. The second-order valence-electron chi connectivity index (χ2n) is 4.30. The molecule has 0 spiro atoms. The summed E-state index contributed by atoms with van der Waals surface area (Å²) >= 11 is 5.95. The summed E-state index contributed by atoms with van der Waals surface area (Å²) in [6.45, 7) is 0.438. The maximum absolute atomic E-state index is 13.5. The van der Waals surface area contributed by atoms with Crippen molar-refractivity contribution in [2.24, 2.45) is 0 Å². The van der Waals surface area contributed by atoms with Crippen LogP contribution in [0.25, 0.3) is 0 Å². The molecule has 0 bridgehead atoms. The average Bonchev–Trinajstić information content (AvgIpc) is 2.47. The van der Waals surface area contributed by atoms with Gasteiger partial charge in [0.05, 0.1) is 11.2 Å². The number of rotatable bonds is 5. The summed E-state index contributed by atoms with van der Waals surface area (Å²) in [5.41, 5.74) is 0.395. The van der Waals surface area contributed by atoms with E-state index in [1.165, 1.54) is 12.3 Å². The lowest BCUT2D eigenvalue weighted by Crippen LogP contribution is -2.26. The molecular formula is C15H13ClFN3O. The monoisotopic (exact) mass is 305 g/mol. The third-order valence-electron chi connectivity index (χ3n) is 2.89. The van der Waals surface area contributed by atoms with Gasteiger partial charge in [0.2, 0.25) is 0 Å². The molecule has 0 unspecified atom stereocenters. The zero-order chi connectivity index (χ0) is 15.2. The molecule has 0 aliphatic heterocycles. The topological polar surface area (TPSA) is 46.9 Å². The fraction of sp³-hybridized carbons (Fsp3) is 0.200. The van der Waals surface area contributed by atoms with Crippen LogP contribution in [-0.4, -0.2) is 16.3 Å². The van der Waals surface area contributed by atoms with Crippen molar-refractivity contribution in [2.75, 3.05) is 11.9 Å². The summed E-state index contributed by atoms with van der Waals surface area (Å²) in [7, 11) is 0. The molecule has 0 saturated carbocycles. The Labute approximate surface area is 126 Å². The molecule has 0 aliphatic carbocycles. The number of hydrogen-bond donors (Lipinski definition) is 1. The van der Waals surface area contributed by atoms with Crippen LogP contribution in [0.3, 0.4) is 0 Å². The molecule has 2 rings (SSSR count). The van der Waals surface area contributed by atoms with Crippen LogP contribution in [0.15, 0.2) is 35.3 Å². The number of halogens is 2. The quantitative estimate of drug-likeness (QED) is 0.863. The molecule has 1 aromatic carbocycles. The zero-order valence-corrected chi connectivity index (χ0v) is 11.9. The van der Waals surface area contributed by atoms with Crippen molar-refractivity contribution in [3.63, 3.8) is 0 Å². The summed E-state index contributed by atoms with van der Waals surface area (Å²) in [6.07, 6.45) is 6.95. The fourth-order valence-electron chi connectivity index (χ4n) is 1.85. The van der Waals surface area contributed by atoms with Crippen molar-refractivity contribution >= 4 is 17.3 Å². The molecule has 0 amide bonds. The summed E-state index contributed by atoms with van der Waals surface area (Å²) < 4.78 is 14.6. The van der Waals surface area contributed by atoms with Crippen molar-refractivity contribution in [2.45, 2.75) is 13.0 Å². The van der Waals surface area contributed by atoms with Gasteiger partial charge < -0.3 is 5.32 Å². The van der Waals surface area contributed by atoms with Gasteiger partial charge in [-0.1, -0.05) is 35.7 Å². The summed E-state index contributed by atoms with van der Waals surface area (Å²) in [6, 6.07) is 6.48. The number of aromatic nitrogens is 2. The summed E-state index contributed by atoms with van der Waals surface area (Å²) in [5, 5.41) is 6.96. The Morgan fingerprint density at radius 1 is 1.43 bits per heavy atom. The Hall–Kier alpha value is -2.32. The van der Waals surface area contributed by atoms with Crippen LogP contribution in [0.1, 0.15) is 5.56 Å². The fourth-order valence-corrected chi connectivity index (χ4v) is 2.04. The van der Waals surface area contributed by atoms with E-state index in [0.717, 1.165) is 4.68 Å². The van der Waals surface area contributed by atoms with Gasteiger partial charge in [-0.05, 0) is 18.1 Å². The first-order valence-corrected chi connectivity index (χ1v) is 6.67. The van der Waals surface area contributed by atoms with Crippen molar-refractivity contribution < 1.29 is 4.39 Å². The van der Waals surface area contributed by atoms with Gasteiger partial charge in [0.15, 0.2) is 0 Å². The van der Waals surface area contributed by atoms with Crippen molar-refractivity contribution in [3.8, 4) is 12.3 Å². The maximum atomic E-state index is 13.5. The Balaban J connectivity index is 2.10. The van der Waals surface area contributed by atoms with Gasteiger partial charge in [0.25, 0.3) is 5.56 Å². The lowest BCUT2D eigenvalue weighted by molar-refractivity contribution is 0.610. The van der Waals surface area contributed by atoms with E-state index in [1.807, 2.05) is 0 Å². The minimum Gasteiger partial charge on any atom is -0.379 e. The molecule has 1 N–H and O–H groups in total. The minimum absolute atomic E-state index is 0.0675. The SMILES string of the molecule is C#CCn1ncc(Cl)c(NCCc2ccccc2F)c1=O. The third kappa shape index (κ3) is 3.61. The normalized spacial score (nSPS) is 10.1. The highest BCUT2D eigenvalue weighted by molar-refractivity contribution is 6.32. The van der Waals surface area contributed by atoms with Gasteiger partial charge in [0, 0.05) is 6.54 Å². The smallest absolute Gasteiger partial charge is 0.292 e. The first kappa shape index (κ1) is 15.1. The lowest BCUT2D eigenvalue weighted by atomic mass is 10.1. The number of hydrogen-bond acceptors (Lipinski definition) is 3. The van der Waals surface area contributed by atoms with Gasteiger partial charge in [-0.25, -0.2) is 9.07 Å². The molecule has 0 saturated heterocycles. The van der Waals surface area contributed by atoms with E-state index in [1.54, 1.807) is 18.2 Å². The number of terminal acetylenes is 1. The van der Waals surface area contributed by atoms with Crippen LogP contribution < -0.4 is 10.9 Å². The summed E-state index contributed by atoms with van der Waals surface area (Å²) in [5.74, 6) is 2.07. The van der Waals surface area contributed by atoms with E-state index in [9.17, 15) is 9.18 Å². The van der Waals surface area contributed by atoms with Gasteiger partial charge >= 0.3 is 0 Å². The standard InChI is InChI=1S/C15H13ClFN3O/c1-2-9-20-15(21)14(12(16)10-19-20)18-8-7-11-5-3-4-6-13(11)17/h1,3-6,10,18H,7-9H2. The highest BCUT2D eigenvalue weighted by Gasteiger charge is 2.09. The number of nitrogens with one attached hydrogen (secondary N) is 1. The molecule has 0 atom stereocenters. The van der Waals surface area contributed by atoms with Crippen LogP contribution >= 0.6 is 11.6 Å². The van der Waals surface area contributed by atoms with E-state index in [-0.39, 0.29) is 23.1 Å². The Bertz CT molecular complexity index is 736. The molecule has 108 valence electrons. The van der Waals surface area contributed by atoms with Crippen LogP contribution in [0.5, 0.6) is 0 Å². The molecule has 0 aliphatic rings. The second kappa shape index (κ2) is 6.91. The van der Waals surface area contributed by atoms with Crippen LogP contribution in [0.2, 0.25) is 5.02 Å². The van der Waals surface area contributed by atoms with Gasteiger partial charge in [-0.15, -0.1) is 6.42 Å². The van der Waals surface area contributed by atoms with Crippen molar-refractivity contribution in [3.05, 3.63) is 57.2 Å². The van der Waals surface area contributed by atoms with Gasteiger partial charge in [0.1, 0.15) is 18.0 Å². The second-order valence-corrected chi connectivity index (χ2v) is 4.71. The minimum atomic E-state index is -0.394. The highest BCUT2D eigenvalue weighted by atomic mass is 35.5. The molecule has 1 heterocycles.